The van der Waals surface area contributed by atoms with Crippen molar-refractivity contribution in [1.82, 2.24) is 0 Å². The minimum Gasteiger partial charge on any atom is -0.466 e. The standard InChI is InChI=1S/C12H12N2O4S/c1-17-10(15)6-14-8-4-3-7(11(16)18-2)5-9(8)19-12(14)13/h3-5,13H,6H2,1-2H3/p+1. The molecule has 0 aliphatic heterocycles. The maximum Gasteiger partial charge on any atom is 0.348 e. The summed E-state index contributed by atoms with van der Waals surface area (Å²) in [5.74, 6) is -0.790. The molecule has 2 rings (SSSR count). The quantitative estimate of drug-likeness (QED) is 0.662. The van der Waals surface area contributed by atoms with Crippen molar-refractivity contribution in [2.45, 2.75) is 6.54 Å². The van der Waals surface area contributed by atoms with Gasteiger partial charge >= 0.3 is 17.1 Å². The van der Waals surface area contributed by atoms with Crippen LogP contribution in [0.5, 0.6) is 0 Å². The first-order valence-electron chi connectivity index (χ1n) is 5.43. The number of methoxy groups -OCH3 is 2. The van der Waals surface area contributed by atoms with Crippen LogP contribution < -0.4 is 10.3 Å². The molecule has 6 nitrogen and oxygen atoms in total. The number of hydrogen-bond acceptors (Lipinski definition) is 6. The van der Waals surface area contributed by atoms with Crippen LogP contribution >= 0.6 is 11.3 Å². The Kier molecular flexibility index (Phi) is 3.66. The van der Waals surface area contributed by atoms with Crippen molar-refractivity contribution in [3.8, 4) is 0 Å². The number of aromatic nitrogens is 1. The topological polar surface area (TPSA) is 82.5 Å². The Morgan fingerprint density at radius 3 is 2.68 bits per heavy atom. The van der Waals surface area contributed by atoms with Gasteiger partial charge in [0.05, 0.1) is 24.5 Å². The second-order valence-corrected chi connectivity index (χ2v) is 4.84. The van der Waals surface area contributed by atoms with Crippen molar-refractivity contribution in [1.29, 1.82) is 0 Å². The van der Waals surface area contributed by atoms with Crippen molar-refractivity contribution >= 4 is 38.6 Å². The van der Waals surface area contributed by atoms with Crippen LogP contribution in [0.4, 0.5) is 5.13 Å². The molecule has 0 atom stereocenters. The van der Waals surface area contributed by atoms with Crippen LogP contribution in [0.1, 0.15) is 10.4 Å². The predicted octanol–water partition coefficient (Wildman–Crippen LogP) is 0.731. The van der Waals surface area contributed by atoms with Gasteiger partial charge in [0, 0.05) is 0 Å². The van der Waals surface area contributed by atoms with E-state index >= 15 is 0 Å². The van der Waals surface area contributed by atoms with E-state index in [1.54, 1.807) is 22.8 Å². The van der Waals surface area contributed by atoms with Crippen molar-refractivity contribution in [3.63, 3.8) is 0 Å². The molecule has 2 aromatic rings. The number of nitrogens with zero attached hydrogens (tertiary/aromatic N) is 1. The van der Waals surface area contributed by atoms with Gasteiger partial charge in [0.25, 0.3) is 0 Å². The summed E-state index contributed by atoms with van der Waals surface area (Å²) in [6.45, 7) is 0.0416. The maximum absolute atomic E-state index is 11.4. The number of carbonyl (C=O) groups is 2. The van der Waals surface area contributed by atoms with Crippen LogP contribution in [0.2, 0.25) is 0 Å². The van der Waals surface area contributed by atoms with Gasteiger partial charge in [-0.1, -0.05) is 0 Å². The van der Waals surface area contributed by atoms with E-state index in [0.717, 1.165) is 10.2 Å². The number of esters is 2. The molecule has 100 valence electrons. The molecular formula is C12H13N2O4S+. The summed E-state index contributed by atoms with van der Waals surface area (Å²) in [6, 6.07) is 5.06. The summed E-state index contributed by atoms with van der Waals surface area (Å²) in [5, 5.41) is 0.474. The summed E-state index contributed by atoms with van der Waals surface area (Å²) in [6.07, 6.45) is 0. The molecule has 0 aliphatic rings. The molecule has 1 aromatic heterocycles. The largest absolute Gasteiger partial charge is 0.466 e. The maximum atomic E-state index is 11.4. The molecule has 1 heterocycles. The average Bonchev–Trinajstić information content (AvgIpc) is 2.73. The first-order chi connectivity index (χ1) is 9.06. The van der Waals surface area contributed by atoms with E-state index in [9.17, 15) is 9.59 Å². The Morgan fingerprint density at radius 1 is 1.32 bits per heavy atom. The lowest BCUT2D eigenvalue weighted by molar-refractivity contribution is -0.641. The number of nitrogens with two attached hydrogens (primary N) is 1. The van der Waals surface area contributed by atoms with Gasteiger partial charge in [-0.2, -0.15) is 0 Å². The molecule has 0 saturated carbocycles. The lowest BCUT2D eigenvalue weighted by Crippen LogP contribution is -2.39. The molecule has 19 heavy (non-hydrogen) atoms. The first-order valence-corrected chi connectivity index (χ1v) is 6.25. The van der Waals surface area contributed by atoms with Gasteiger partial charge in [0.1, 0.15) is 5.52 Å². The minimum absolute atomic E-state index is 0.0416. The van der Waals surface area contributed by atoms with Crippen molar-refractivity contribution in [2.75, 3.05) is 20.0 Å². The van der Waals surface area contributed by atoms with Crippen LogP contribution in [0.15, 0.2) is 18.2 Å². The van der Waals surface area contributed by atoms with Crippen LogP contribution in [-0.4, -0.2) is 26.2 Å². The SMILES string of the molecule is COC(=O)C[n+]1c(N)sc2cc(C(=O)OC)ccc21. The first kappa shape index (κ1) is 13.3. The normalized spacial score (nSPS) is 10.4. The number of thiazole rings is 1. The monoisotopic (exact) mass is 281 g/mol. The lowest BCUT2D eigenvalue weighted by atomic mass is 10.2. The Hall–Kier alpha value is -2.15. The van der Waals surface area contributed by atoms with Gasteiger partial charge in [-0.25, -0.2) is 14.2 Å². The van der Waals surface area contributed by atoms with E-state index in [2.05, 4.69) is 9.47 Å². The number of carbonyl (C=O) groups excluding carboxylic acids is 2. The summed E-state index contributed by atoms with van der Waals surface area (Å²) in [4.78, 5) is 22.8. The third kappa shape index (κ3) is 2.50. The summed E-state index contributed by atoms with van der Waals surface area (Å²) in [7, 11) is 2.65. The van der Waals surface area contributed by atoms with Gasteiger partial charge < -0.3 is 9.47 Å². The molecule has 0 aliphatic carbocycles. The Balaban J connectivity index is 2.47. The lowest BCUT2D eigenvalue weighted by Gasteiger charge is -2.00. The second-order valence-electron chi connectivity index (χ2n) is 3.78. The van der Waals surface area contributed by atoms with Crippen molar-refractivity contribution in [3.05, 3.63) is 23.8 Å². The molecule has 0 spiro atoms. The average molecular weight is 281 g/mol. The number of fused-ring (bicyclic) bond motifs is 1. The Labute approximate surface area is 113 Å². The number of hydrogen-bond donors (Lipinski definition) is 1. The Morgan fingerprint density at radius 2 is 2.05 bits per heavy atom. The molecule has 7 heteroatoms. The minimum atomic E-state index is -0.409. The number of anilines is 1. The fourth-order valence-corrected chi connectivity index (χ4v) is 2.67. The van der Waals surface area contributed by atoms with Gasteiger partial charge in [0.2, 0.25) is 0 Å². The Bertz CT molecular complexity index is 650. The van der Waals surface area contributed by atoms with Crippen LogP contribution in [0, 0.1) is 0 Å². The summed E-state index contributed by atoms with van der Waals surface area (Å²) < 4.78 is 11.7. The van der Waals surface area contributed by atoms with Gasteiger partial charge in [-0.15, -0.1) is 0 Å². The zero-order chi connectivity index (χ0) is 14.0. The molecule has 0 amide bonds. The summed E-state index contributed by atoms with van der Waals surface area (Å²) >= 11 is 1.30. The second kappa shape index (κ2) is 5.23. The van der Waals surface area contributed by atoms with Crippen LogP contribution in [-0.2, 0) is 20.8 Å². The van der Waals surface area contributed by atoms with E-state index in [4.69, 9.17) is 5.73 Å². The van der Waals surface area contributed by atoms with Crippen LogP contribution in [0.3, 0.4) is 0 Å². The van der Waals surface area contributed by atoms with Gasteiger partial charge in [-0.3, -0.25) is 5.73 Å². The molecular weight excluding hydrogens is 268 g/mol. The molecule has 0 saturated heterocycles. The molecule has 0 fully saturated rings. The van der Waals surface area contributed by atoms with Crippen molar-refractivity contribution < 1.29 is 23.6 Å². The molecule has 0 bridgehead atoms. The zero-order valence-electron chi connectivity index (χ0n) is 10.5. The number of ether oxygens (including phenoxy) is 2. The highest BCUT2D eigenvalue weighted by Crippen LogP contribution is 2.23. The molecule has 2 N–H and O–H groups in total. The summed E-state index contributed by atoms with van der Waals surface area (Å²) in [5.41, 5.74) is 7.10. The van der Waals surface area contributed by atoms with E-state index in [-0.39, 0.29) is 12.5 Å². The fraction of sp³-hybridized carbons (Fsp3) is 0.250. The van der Waals surface area contributed by atoms with Gasteiger partial charge in [0.15, 0.2) is 6.54 Å². The molecule has 0 unspecified atom stereocenters. The van der Waals surface area contributed by atoms with E-state index in [0.29, 0.717) is 10.7 Å². The fourth-order valence-electron chi connectivity index (χ4n) is 1.71. The highest BCUT2D eigenvalue weighted by Gasteiger charge is 2.19. The number of benzene rings is 1. The van der Waals surface area contributed by atoms with E-state index < -0.39 is 5.97 Å². The highest BCUT2D eigenvalue weighted by atomic mass is 32.1. The van der Waals surface area contributed by atoms with E-state index in [1.807, 2.05) is 0 Å². The molecule has 1 aromatic carbocycles. The van der Waals surface area contributed by atoms with Gasteiger partial charge in [-0.05, 0) is 29.5 Å². The predicted molar refractivity (Wildman–Crippen MR) is 69.8 cm³/mol. The molecule has 0 radical (unpaired) electrons. The van der Waals surface area contributed by atoms with Crippen LogP contribution in [0.25, 0.3) is 10.2 Å². The van der Waals surface area contributed by atoms with Crippen molar-refractivity contribution in [2.24, 2.45) is 0 Å². The number of nitrogen functional groups attached to an aromatic ring is 1. The third-order valence-electron chi connectivity index (χ3n) is 2.67. The third-order valence-corrected chi connectivity index (χ3v) is 3.64. The number of rotatable bonds is 3. The zero-order valence-corrected chi connectivity index (χ0v) is 11.3. The smallest absolute Gasteiger partial charge is 0.348 e. The highest BCUT2D eigenvalue weighted by molar-refractivity contribution is 7.21. The van der Waals surface area contributed by atoms with E-state index in [1.165, 1.54) is 25.6 Å².